The number of hydrogen-bond acceptors (Lipinski definition) is 5. The SMILES string of the molecule is Cn1ccnc1SCC(=O)Nc1ccc(C(=O)NCCc2ccc(Br)s2)cc1. The molecule has 0 spiro atoms. The molecule has 146 valence electrons. The largest absolute Gasteiger partial charge is 0.352 e. The van der Waals surface area contributed by atoms with Crippen LogP contribution in [0.1, 0.15) is 15.2 Å². The van der Waals surface area contributed by atoms with Gasteiger partial charge >= 0.3 is 0 Å². The van der Waals surface area contributed by atoms with Crippen molar-refractivity contribution in [1.29, 1.82) is 0 Å². The number of benzene rings is 1. The minimum atomic E-state index is -0.126. The van der Waals surface area contributed by atoms with E-state index in [1.807, 2.05) is 29.9 Å². The number of imidazole rings is 1. The Hall–Kier alpha value is -2.10. The Labute approximate surface area is 179 Å². The van der Waals surface area contributed by atoms with Gasteiger partial charge in [-0.15, -0.1) is 11.3 Å². The molecule has 3 rings (SSSR count). The van der Waals surface area contributed by atoms with Crippen molar-refractivity contribution in [3.8, 4) is 0 Å². The van der Waals surface area contributed by atoms with Crippen LogP contribution < -0.4 is 10.6 Å². The fourth-order valence-electron chi connectivity index (χ4n) is 2.41. The summed E-state index contributed by atoms with van der Waals surface area (Å²) in [5, 5.41) is 6.52. The lowest BCUT2D eigenvalue weighted by atomic mass is 10.2. The van der Waals surface area contributed by atoms with E-state index >= 15 is 0 Å². The molecule has 0 unspecified atom stereocenters. The maximum absolute atomic E-state index is 12.2. The Balaban J connectivity index is 1.43. The van der Waals surface area contributed by atoms with Gasteiger partial charge in [-0.05, 0) is 58.7 Å². The Bertz CT molecular complexity index is 953. The van der Waals surface area contributed by atoms with E-state index in [0.29, 0.717) is 17.8 Å². The second-order valence-electron chi connectivity index (χ2n) is 5.95. The van der Waals surface area contributed by atoms with Crippen LogP contribution in [0.25, 0.3) is 0 Å². The monoisotopic (exact) mass is 478 g/mol. The highest BCUT2D eigenvalue weighted by Crippen LogP contribution is 2.22. The van der Waals surface area contributed by atoms with E-state index in [4.69, 9.17) is 0 Å². The molecule has 0 aliphatic heterocycles. The molecule has 0 saturated carbocycles. The number of carbonyl (C=O) groups is 2. The van der Waals surface area contributed by atoms with Gasteiger partial charge in [-0.2, -0.15) is 0 Å². The molecular weight excluding hydrogens is 460 g/mol. The van der Waals surface area contributed by atoms with E-state index in [1.165, 1.54) is 16.6 Å². The number of nitrogens with one attached hydrogen (secondary N) is 2. The number of aromatic nitrogens is 2. The number of anilines is 1. The predicted octanol–water partition coefficient (Wildman–Crippen LogP) is 3.95. The fourth-order valence-corrected chi connectivity index (χ4v) is 4.63. The molecule has 2 aromatic heterocycles. The third-order valence-corrected chi connectivity index (χ3v) is 6.57. The summed E-state index contributed by atoms with van der Waals surface area (Å²) in [5.74, 6) is 0.0255. The smallest absolute Gasteiger partial charge is 0.251 e. The van der Waals surface area contributed by atoms with Gasteiger partial charge in [-0.1, -0.05) is 11.8 Å². The molecule has 0 atom stereocenters. The highest BCUT2D eigenvalue weighted by molar-refractivity contribution is 9.11. The molecule has 2 amide bonds. The van der Waals surface area contributed by atoms with Crippen LogP contribution in [0.4, 0.5) is 5.69 Å². The summed E-state index contributed by atoms with van der Waals surface area (Å²) in [5.41, 5.74) is 1.22. The Morgan fingerprint density at radius 3 is 2.64 bits per heavy atom. The molecule has 0 saturated heterocycles. The van der Waals surface area contributed by atoms with Crippen LogP contribution in [0.5, 0.6) is 0 Å². The first-order valence-electron chi connectivity index (χ1n) is 8.54. The minimum absolute atomic E-state index is 0.118. The van der Waals surface area contributed by atoms with Crippen LogP contribution in [-0.4, -0.2) is 33.7 Å². The summed E-state index contributed by atoms with van der Waals surface area (Å²) in [6, 6.07) is 10.9. The molecule has 0 aliphatic carbocycles. The summed E-state index contributed by atoms with van der Waals surface area (Å²) in [6.45, 7) is 0.578. The van der Waals surface area contributed by atoms with Gasteiger partial charge < -0.3 is 15.2 Å². The normalized spacial score (nSPS) is 10.6. The van der Waals surface area contributed by atoms with Gasteiger partial charge in [0.1, 0.15) is 0 Å². The average Bonchev–Trinajstić information content (AvgIpc) is 3.28. The standard InChI is InChI=1S/C19H19BrN4O2S2/c1-24-11-10-22-19(24)27-12-17(25)23-14-4-2-13(3-5-14)18(26)21-9-8-15-6-7-16(20)28-15/h2-7,10-11H,8-9,12H2,1H3,(H,21,26)(H,23,25). The first-order valence-corrected chi connectivity index (χ1v) is 11.1. The molecule has 2 N–H and O–H groups in total. The van der Waals surface area contributed by atoms with E-state index in [9.17, 15) is 9.59 Å². The van der Waals surface area contributed by atoms with Gasteiger partial charge in [0.2, 0.25) is 5.91 Å². The van der Waals surface area contributed by atoms with Crippen LogP contribution in [0.2, 0.25) is 0 Å². The van der Waals surface area contributed by atoms with Crippen LogP contribution >= 0.6 is 39.0 Å². The number of carbonyl (C=O) groups excluding carboxylic acids is 2. The molecular formula is C19H19BrN4O2S2. The maximum Gasteiger partial charge on any atom is 0.251 e. The average molecular weight is 479 g/mol. The summed E-state index contributed by atoms with van der Waals surface area (Å²) in [6.07, 6.45) is 4.33. The molecule has 9 heteroatoms. The van der Waals surface area contributed by atoms with Crippen LogP contribution in [0.3, 0.4) is 0 Å². The maximum atomic E-state index is 12.2. The molecule has 28 heavy (non-hydrogen) atoms. The molecule has 0 radical (unpaired) electrons. The zero-order valence-corrected chi connectivity index (χ0v) is 18.4. The minimum Gasteiger partial charge on any atom is -0.352 e. The number of amides is 2. The number of thioether (sulfide) groups is 1. The topological polar surface area (TPSA) is 76.0 Å². The van der Waals surface area contributed by atoms with E-state index in [-0.39, 0.29) is 17.6 Å². The van der Waals surface area contributed by atoms with Gasteiger partial charge in [0, 0.05) is 42.1 Å². The summed E-state index contributed by atoms with van der Waals surface area (Å²) in [7, 11) is 1.89. The Kier molecular flexibility index (Phi) is 7.30. The number of hydrogen-bond donors (Lipinski definition) is 2. The van der Waals surface area contributed by atoms with E-state index in [1.54, 1.807) is 41.8 Å². The van der Waals surface area contributed by atoms with Gasteiger partial charge in [-0.3, -0.25) is 9.59 Å². The second kappa shape index (κ2) is 9.90. The molecule has 0 fully saturated rings. The number of rotatable bonds is 8. The van der Waals surface area contributed by atoms with Crippen molar-refractivity contribution in [3.05, 3.63) is 63.0 Å². The molecule has 0 aliphatic rings. The zero-order valence-electron chi connectivity index (χ0n) is 15.1. The van der Waals surface area contributed by atoms with Gasteiger partial charge in [-0.25, -0.2) is 4.98 Å². The predicted molar refractivity (Wildman–Crippen MR) is 117 cm³/mol. The number of aryl methyl sites for hydroxylation is 1. The second-order valence-corrected chi connectivity index (χ2v) is 9.44. The zero-order chi connectivity index (χ0) is 19.9. The summed E-state index contributed by atoms with van der Waals surface area (Å²) < 4.78 is 2.95. The van der Waals surface area contributed by atoms with Crippen molar-refractivity contribution in [3.63, 3.8) is 0 Å². The van der Waals surface area contributed by atoms with E-state index in [0.717, 1.165) is 15.4 Å². The van der Waals surface area contributed by atoms with Gasteiger partial charge in [0.15, 0.2) is 5.16 Å². The van der Waals surface area contributed by atoms with Gasteiger partial charge in [0.05, 0.1) is 9.54 Å². The molecule has 0 bridgehead atoms. The lowest BCUT2D eigenvalue weighted by Gasteiger charge is -2.07. The van der Waals surface area contributed by atoms with Crippen molar-refractivity contribution in [2.75, 3.05) is 17.6 Å². The number of halogens is 1. The Morgan fingerprint density at radius 1 is 1.21 bits per heavy atom. The molecule has 1 aromatic carbocycles. The van der Waals surface area contributed by atoms with Gasteiger partial charge in [0.25, 0.3) is 5.91 Å². The highest BCUT2D eigenvalue weighted by atomic mass is 79.9. The first-order chi connectivity index (χ1) is 13.5. The third kappa shape index (κ3) is 5.95. The molecule has 2 heterocycles. The number of nitrogens with zero attached hydrogens (tertiary/aromatic N) is 2. The van der Waals surface area contributed by atoms with Crippen molar-refractivity contribution in [2.24, 2.45) is 7.05 Å². The van der Waals surface area contributed by atoms with Crippen molar-refractivity contribution in [1.82, 2.24) is 14.9 Å². The lowest BCUT2D eigenvalue weighted by molar-refractivity contribution is -0.113. The highest BCUT2D eigenvalue weighted by Gasteiger charge is 2.09. The van der Waals surface area contributed by atoms with E-state index in [2.05, 4.69) is 31.5 Å². The Morgan fingerprint density at radius 2 is 2.00 bits per heavy atom. The van der Waals surface area contributed by atoms with Crippen molar-refractivity contribution < 1.29 is 9.59 Å². The molecule has 6 nitrogen and oxygen atoms in total. The quantitative estimate of drug-likeness (QED) is 0.480. The van der Waals surface area contributed by atoms with Crippen molar-refractivity contribution in [2.45, 2.75) is 11.6 Å². The lowest BCUT2D eigenvalue weighted by Crippen LogP contribution is -2.25. The fraction of sp³-hybridized carbons (Fsp3) is 0.211. The van der Waals surface area contributed by atoms with Crippen LogP contribution in [-0.2, 0) is 18.3 Å². The molecule has 3 aromatic rings. The number of thiophene rings is 1. The summed E-state index contributed by atoms with van der Waals surface area (Å²) in [4.78, 5) is 29.7. The van der Waals surface area contributed by atoms with E-state index < -0.39 is 0 Å². The summed E-state index contributed by atoms with van der Waals surface area (Å²) >= 11 is 6.47. The van der Waals surface area contributed by atoms with Crippen LogP contribution in [0.15, 0.2) is 57.7 Å². The third-order valence-electron chi connectivity index (χ3n) is 3.83. The van der Waals surface area contributed by atoms with Crippen molar-refractivity contribution >= 4 is 56.5 Å². The van der Waals surface area contributed by atoms with Crippen LogP contribution in [0, 0.1) is 0 Å². The first kappa shape index (κ1) is 20.6.